The molecule has 1 aromatic heterocycles. The fourth-order valence-corrected chi connectivity index (χ4v) is 2.60. The summed E-state index contributed by atoms with van der Waals surface area (Å²) in [6.07, 6.45) is 6.35. The van der Waals surface area contributed by atoms with Gasteiger partial charge < -0.3 is 14.6 Å². The summed E-state index contributed by atoms with van der Waals surface area (Å²) in [4.78, 5) is 11.1. The van der Waals surface area contributed by atoms with Crippen LogP contribution < -0.4 is 0 Å². The van der Waals surface area contributed by atoms with Crippen LogP contribution in [0.25, 0.3) is 0 Å². The zero-order valence-corrected chi connectivity index (χ0v) is 10.0. The summed E-state index contributed by atoms with van der Waals surface area (Å²) in [6.45, 7) is 1.71. The monoisotopic (exact) mass is 238 g/mol. The van der Waals surface area contributed by atoms with Gasteiger partial charge >= 0.3 is 5.97 Å². The Balaban J connectivity index is 2.20. The molecule has 1 aromatic rings. The number of hydrogen-bond donors (Lipinski definition) is 2. The average Bonchev–Trinajstić information content (AvgIpc) is 2.60. The van der Waals surface area contributed by atoms with E-state index in [1.54, 1.807) is 6.92 Å². The molecule has 0 amide bonds. The normalized spacial score (nSPS) is 19.2. The van der Waals surface area contributed by atoms with Gasteiger partial charge in [0.1, 0.15) is 11.3 Å². The molecule has 1 saturated carbocycles. The molecule has 1 heterocycles. The van der Waals surface area contributed by atoms with E-state index in [2.05, 4.69) is 0 Å². The van der Waals surface area contributed by atoms with Gasteiger partial charge in [0.2, 0.25) is 0 Å². The zero-order valence-electron chi connectivity index (χ0n) is 10.0. The van der Waals surface area contributed by atoms with Crippen LogP contribution in [-0.4, -0.2) is 21.8 Å². The molecule has 2 rings (SSSR count). The number of aromatic carboxylic acids is 1. The van der Waals surface area contributed by atoms with Gasteiger partial charge in [0.05, 0.1) is 11.9 Å². The molecule has 17 heavy (non-hydrogen) atoms. The maximum absolute atomic E-state index is 11.1. The second-order valence-electron chi connectivity index (χ2n) is 4.98. The van der Waals surface area contributed by atoms with Crippen molar-refractivity contribution >= 4 is 5.97 Å². The molecule has 1 fully saturated rings. The summed E-state index contributed by atoms with van der Waals surface area (Å²) < 4.78 is 5.28. The minimum Gasteiger partial charge on any atom is -0.478 e. The number of aliphatic hydroxyl groups is 1. The summed E-state index contributed by atoms with van der Waals surface area (Å²) in [5.74, 6) is -0.579. The van der Waals surface area contributed by atoms with E-state index >= 15 is 0 Å². The largest absolute Gasteiger partial charge is 0.478 e. The SMILES string of the molecule is Cc1coc(CC2(O)CCCCC2)c1C(=O)O. The molecule has 1 aliphatic carbocycles. The van der Waals surface area contributed by atoms with Crippen molar-refractivity contribution in [3.8, 4) is 0 Å². The molecule has 4 heteroatoms. The Labute approximate surface area is 100 Å². The van der Waals surface area contributed by atoms with Crippen molar-refractivity contribution in [3.05, 3.63) is 23.2 Å². The van der Waals surface area contributed by atoms with Gasteiger partial charge in [-0.3, -0.25) is 0 Å². The summed E-state index contributed by atoms with van der Waals surface area (Å²) in [6, 6.07) is 0. The lowest BCUT2D eigenvalue weighted by Crippen LogP contribution is -2.34. The fraction of sp³-hybridized carbons (Fsp3) is 0.615. The molecule has 0 atom stereocenters. The van der Waals surface area contributed by atoms with E-state index in [1.165, 1.54) is 6.26 Å². The molecule has 0 unspecified atom stereocenters. The topological polar surface area (TPSA) is 70.7 Å². The lowest BCUT2D eigenvalue weighted by molar-refractivity contribution is 0.000102. The quantitative estimate of drug-likeness (QED) is 0.848. The molecular formula is C13H18O4. The van der Waals surface area contributed by atoms with Crippen molar-refractivity contribution in [1.82, 2.24) is 0 Å². The minimum atomic E-state index is -0.981. The number of aryl methyl sites for hydroxylation is 1. The van der Waals surface area contributed by atoms with E-state index in [0.29, 0.717) is 17.7 Å². The lowest BCUT2D eigenvalue weighted by atomic mass is 9.81. The van der Waals surface area contributed by atoms with Crippen molar-refractivity contribution in [2.75, 3.05) is 0 Å². The second kappa shape index (κ2) is 4.53. The molecule has 0 aliphatic heterocycles. The summed E-state index contributed by atoms with van der Waals surface area (Å²) >= 11 is 0. The third kappa shape index (κ3) is 2.52. The molecular weight excluding hydrogens is 220 g/mol. The van der Waals surface area contributed by atoms with Crippen LogP contribution in [0.5, 0.6) is 0 Å². The molecule has 0 saturated heterocycles. The Bertz CT molecular complexity index is 413. The van der Waals surface area contributed by atoms with Crippen molar-refractivity contribution < 1.29 is 19.4 Å². The highest BCUT2D eigenvalue weighted by molar-refractivity contribution is 5.90. The van der Waals surface area contributed by atoms with Gasteiger partial charge in [0.15, 0.2) is 0 Å². The Morgan fingerprint density at radius 3 is 2.65 bits per heavy atom. The van der Waals surface area contributed by atoms with Gasteiger partial charge in [-0.05, 0) is 19.8 Å². The number of hydrogen-bond acceptors (Lipinski definition) is 3. The van der Waals surface area contributed by atoms with Gasteiger partial charge in [0, 0.05) is 12.0 Å². The van der Waals surface area contributed by atoms with E-state index in [0.717, 1.165) is 32.1 Å². The van der Waals surface area contributed by atoms with Crippen LogP contribution in [-0.2, 0) is 6.42 Å². The second-order valence-corrected chi connectivity index (χ2v) is 4.98. The number of furan rings is 1. The Morgan fingerprint density at radius 1 is 1.41 bits per heavy atom. The highest BCUT2D eigenvalue weighted by Gasteiger charge is 2.32. The molecule has 0 aromatic carbocycles. The molecule has 0 spiro atoms. The number of carbonyl (C=O) groups is 1. The lowest BCUT2D eigenvalue weighted by Gasteiger charge is -2.31. The fourth-order valence-electron chi connectivity index (χ4n) is 2.60. The van der Waals surface area contributed by atoms with Gasteiger partial charge in [-0.2, -0.15) is 0 Å². The average molecular weight is 238 g/mol. The standard InChI is InChI=1S/C13H18O4/c1-9-8-17-10(11(9)12(14)15)7-13(16)5-3-2-4-6-13/h8,16H,2-7H2,1H3,(H,14,15). The minimum absolute atomic E-state index is 0.212. The van der Waals surface area contributed by atoms with Crippen molar-refractivity contribution in [2.45, 2.75) is 51.0 Å². The highest BCUT2D eigenvalue weighted by Crippen LogP contribution is 2.32. The van der Waals surface area contributed by atoms with E-state index in [1.807, 2.05) is 0 Å². The van der Waals surface area contributed by atoms with Crippen LogP contribution in [0.4, 0.5) is 0 Å². The zero-order chi connectivity index (χ0) is 12.5. The summed E-state index contributed by atoms with van der Waals surface area (Å²) in [5, 5.41) is 19.5. The van der Waals surface area contributed by atoms with Gasteiger partial charge in [-0.15, -0.1) is 0 Å². The van der Waals surface area contributed by atoms with Crippen LogP contribution in [0.15, 0.2) is 10.7 Å². The molecule has 0 bridgehead atoms. The highest BCUT2D eigenvalue weighted by atomic mass is 16.4. The van der Waals surface area contributed by atoms with E-state index in [-0.39, 0.29) is 5.56 Å². The first-order chi connectivity index (χ1) is 8.02. The Hall–Kier alpha value is -1.29. The first-order valence-corrected chi connectivity index (χ1v) is 6.04. The molecule has 1 aliphatic rings. The summed E-state index contributed by atoms with van der Waals surface area (Å²) in [7, 11) is 0. The maximum Gasteiger partial charge on any atom is 0.339 e. The predicted molar refractivity (Wildman–Crippen MR) is 62.1 cm³/mol. The van der Waals surface area contributed by atoms with E-state index in [9.17, 15) is 9.90 Å². The van der Waals surface area contributed by atoms with Crippen LogP contribution in [0.2, 0.25) is 0 Å². The molecule has 0 radical (unpaired) electrons. The maximum atomic E-state index is 11.1. The first-order valence-electron chi connectivity index (χ1n) is 6.04. The van der Waals surface area contributed by atoms with Gasteiger partial charge in [0.25, 0.3) is 0 Å². The Morgan fingerprint density at radius 2 is 2.06 bits per heavy atom. The van der Waals surface area contributed by atoms with Crippen LogP contribution in [0.1, 0.15) is 53.8 Å². The van der Waals surface area contributed by atoms with Crippen molar-refractivity contribution in [1.29, 1.82) is 0 Å². The summed E-state index contributed by atoms with van der Waals surface area (Å²) in [5.41, 5.74) is 0.0446. The third-order valence-corrected chi connectivity index (χ3v) is 3.54. The molecule has 2 N–H and O–H groups in total. The van der Waals surface area contributed by atoms with Crippen LogP contribution >= 0.6 is 0 Å². The van der Waals surface area contributed by atoms with Gasteiger partial charge in [-0.25, -0.2) is 4.79 Å². The number of rotatable bonds is 3. The predicted octanol–water partition coefficient (Wildman–Crippen LogP) is 2.52. The van der Waals surface area contributed by atoms with E-state index in [4.69, 9.17) is 9.52 Å². The van der Waals surface area contributed by atoms with Crippen molar-refractivity contribution in [2.24, 2.45) is 0 Å². The van der Waals surface area contributed by atoms with Crippen molar-refractivity contribution in [3.63, 3.8) is 0 Å². The smallest absolute Gasteiger partial charge is 0.339 e. The first kappa shape index (κ1) is 12.2. The van der Waals surface area contributed by atoms with Crippen LogP contribution in [0, 0.1) is 6.92 Å². The Kier molecular flexibility index (Phi) is 3.24. The van der Waals surface area contributed by atoms with Crippen LogP contribution in [0.3, 0.4) is 0 Å². The third-order valence-electron chi connectivity index (χ3n) is 3.54. The molecule has 94 valence electrons. The van der Waals surface area contributed by atoms with Gasteiger partial charge in [-0.1, -0.05) is 19.3 Å². The number of carboxylic acids is 1. The van der Waals surface area contributed by atoms with E-state index < -0.39 is 11.6 Å². The number of carboxylic acid groups (broad SMARTS) is 1. The molecule has 4 nitrogen and oxygen atoms in total.